The second kappa shape index (κ2) is 7.31. The minimum atomic E-state index is -0.188. The highest BCUT2D eigenvalue weighted by Crippen LogP contribution is 2.27. The molecule has 0 aliphatic heterocycles. The van der Waals surface area contributed by atoms with Crippen LogP contribution in [-0.2, 0) is 6.42 Å². The van der Waals surface area contributed by atoms with Crippen LogP contribution in [0.3, 0.4) is 0 Å². The normalized spacial score (nSPS) is 13.1. The molecule has 0 saturated heterocycles. The summed E-state index contributed by atoms with van der Waals surface area (Å²) in [6.07, 6.45) is 0.704. The van der Waals surface area contributed by atoms with Gasteiger partial charge in [0.25, 0.3) is 0 Å². The monoisotopic (exact) mass is 426 g/mol. The van der Waals surface area contributed by atoms with Crippen molar-refractivity contribution in [3.63, 3.8) is 0 Å². The maximum absolute atomic E-state index is 13.9. The smallest absolute Gasteiger partial charge is 0.138 e. The molecule has 1 aromatic heterocycles. The highest BCUT2D eigenvalue weighted by molar-refractivity contribution is 14.1. The molecule has 2 rings (SSSR count). The fraction of sp³-hybridized carbons (Fsp3) is 0.500. The van der Waals surface area contributed by atoms with Gasteiger partial charge in [-0.25, -0.2) is 9.37 Å². The molecule has 1 aromatic carbocycles. The molecule has 0 saturated carbocycles. The van der Waals surface area contributed by atoms with E-state index >= 15 is 0 Å². The molecule has 6 heteroatoms. The van der Waals surface area contributed by atoms with Crippen molar-refractivity contribution >= 4 is 57.0 Å². The summed E-state index contributed by atoms with van der Waals surface area (Å²) >= 11 is 9.75. The Morgan fingerprint density at radius 2 is 2.25 bits per heavy atom. The van der Waals surface area contributed by atoms with Crippen molar-refractivity contribution in [1.29, 1.82) is 0 Å². The first-order valence-electron chi connectivity index (χ1n) is 6.58. The van der Waals surface area contributed by atoms with Gasteiger partial charge in [0.05, 0.1) is 14.6 Å². The highest BCUT2D eigenvalue weighted by atomic mass is 127. The first kappa shape index (κ1) is 16.4. The fourth-order valence-corrected chi connectivity index (χ4v) is 3.60. The SMILES string of the molecule is CCSCC(C)n1c(CCCl)nc2cc(I)c(F)cc21. The van der Waals surface area contributed by atoms with Gasteiger partial charge in [0.2, 0.25) is 0 Å². The fourth-order valence-electron chi connectivity index (χ4n) is 2.26. The van der Waals surface area contributed by atoms with Gasteiger partial charge < -0.3 is 4.57 Å². The number of halogens is 3. The number of hydrogen-bond donors (Lipinski definition) is 0. The molecule has 2 aromatic rings. The lowest BCUT2D eigenvalue weighted by Crippen LogP contribution is -2.12. The summed E-state index contributed by atoms with van der Waals surface area (Å²) in [7, 11) is 0. The van der Waals surface area contributed by atoms with E-state index in [1.807, 2.05) is 34.4 Å². The Labute approximate surface area is 141 Å². The Kier molecular flexibility index (Phi) is 5.98. The van der Waals surface area contributed by atoms with Crippen molar-refractivity contribution in [2.24, 2.45) is 0 Å². The molecule has 0 radical (unpaired) electrons. The van der Waals surface area contributed by atoms with Gasteiger partial charge in [-0.05, 0) is 41.3 Å². The zero-order chi connectivity index (χ0) is 14.7. The van der Waals surface area contributed by atoms with Crippen LogP contribution in [0.1, 0.15) is 25.7 Å². The summed E-state index contributed by atoms with van der Waals surface area (Å²) < 4.78 is 16.6. The number of hydrogen-bond acceptors (Lipinski definition) is 2. The Balaban J connectivity index is 2.52. The van der Waals surface area contributed by atoms with E-state index in [0.717, 1.165) is 28.4 Å². The summed E-state index contributed by atoms with van der Waals surface area (Å²) in [6, 6.07) is 3.68. The van der Waals surface area contributed by atoms with Crippen molar-refractivity contribution in [3.05, 3.63) is 27.3 Å². The molecule has 0 aliphatic carbocycles. The maximum Gasteiger partial charge on any atom is 0.138 e. The van der Waals surface area contributed by atoms with Crippen molar-refractivity contribution in [2.75, 3.05) is 17.4 Å². The van der Waals surface area contributed by atoms with Crippen molar-refractivity contribution in [1.82, 2.24) is 9.55 Å². The van der Waals surface area contributed by atoms with Crippen LogP contribution in [0.25, 0.3) is 11.0 Å². The van der Waals surface area contributed by atoms with Crippen LogP contribution in [-0.4, -0.2) is 26.9 Å². The summed E-state index contributed by atoms with van der Waals surface area (Å²) in [6.45, 7) is 4.29. The maximum atomic E-state index is 13.9. The first-order valence-corrected chi connectivity index (χ1v) is 9.34. The summed E-state index contributed by atoms with van der Waals surface area (Å²) in [5.41, 5.74) is 1.72. The van der Waals surface area contributed by atoms with Gasteiger partial charge in [0.15, 0.2) is 0 Å². The number of fused-ring (bicyclic) bond motifs is 1. The molecule has 20 heavy (non-hydrogen) atoms. The number of aryl methyl sites for hydroxylation is 1. The Morgan fingerprint density at radius 1 is 1.50 bits per heavy atom. The topological polar surface area (TPSA) is 17.8 Å². The number of alkyl halides is 1. The average Bonchev–Trinajstić information content (AvgIpc) is 2.74. The van der Waals surface area contributed by atoms with Crippen LogP contribution in [0.2, 0.25) is 0 Å². The van der Waals surface area contributed by atoms with Crippen LogP contribution in [0, 0.1) is 9.39 Å². The lowest BCUT2D eigenvalue weighted by atomic mass is 10.3. The van der Waals surface area contributed by atoms with Crippen LogP contribution in [0.15, 0.2) is 12.1 Å². The van der Waals surface area contributed by atoms with Crippen LogP contribution in [0.4, 0.5) is 4.39 Å². The molecule has 1 atom stereocenters. The summed E-state index contributed by atoms with van der Waals surface area (Å²) in [5.74, 6) is 3.35. The largest absolute Gasteiger partial charge is 0.324 e. The van der Waals surface area contributed by atoms with E-state index in [0.29, 0.717) is 15.9 Å². The highest BCUT2D eigenvalue weighted by Gasteiger charge is 2.17. The molecule has 0 fully saturated rings. The number of imidazole rings is 1. The number of rotatable bonds is 6. The van der Waals surface area contributed by atoms with E-state index in [4.69, 9.17) is 11.6 Å². The van der Waals surface area contributed by atoms with Gasteiger partial charge >= 0.3 is 0 Å². The summed E-state index contributed by atoms with van der Waals surface area (Å²) in [5, 5.41) is 0. The van der Waals surface area contributed by atoms with Gasteiger partial charge in [0.1, 0.15) is 11.6 Å². The number of nitrogens with zero attached hydrogens (tertiary/aromatic N) is 2. The number of aromatic nitrogens is 2. The minimum absolute atomic E-state index is 0.188. The molecule has 0 aliphatic rings. The predicted molar refractivity (Wildman–Crippen MR) is 94.5 cm³/mol. The van der Waals surface area contributed by atoms with E-state index in [9.17, 15) is 4.39 Å². The quantitative estimate of drug-likeness (QED) is 0.484. The molecular weight excluding hydrogens is 410 g/mol. The Morgan fingerprint density at radius 3 is 2.90 bits per heavy atom. The third-order valence-electron chi connectivity index (χ3n) is 3.13. The Hall–Kier alpha value is -0.0100. The van der Waals surface area contributed by atoms with E-state index in [1.54, 1.807) is 12.1 Å². The molecule has 0 spiro atoms. The predicted octanol–water partition coefficient (Wildman–Crippen LogP) is 4.88. The van der Waals surface area contributed by atoms with E-state index in [-0.39, 0.29) is 11.9 Å². The van der Waals surface area contributed by atoms with Gasteiger partial charge in [-0.15, -0.1) is 11.6 Å². The van der Waals surface area contributed by atoms with E-state index in [1.165, 1.54) is 0 Å². The molecule has 0 N–H and O–H groups in total. The molecule has 1 heterocycles. The lowest BCUT2D eigenvalue weighted by Gasteiger charge is -2.17. The number of thioether (sulfide) groups is 1. The molecule has 0 amide bonds. The van der Waals surface area contributed by atoms with Gasteiger partial charge in [-0.2, -0.15) is 11.8 Å². The van der Waals surface area contributed by atoms with Crippen molar-refractivity contribution in [3.8, 4) is 0 Å². The molecular formula is C14H17ClFIN2S. The van der Waals surface area contributed by atoms with Crippen molar-refractivity contribution < 1.29 is 4.39 Å². The average molecular weight is 427 g/mol. The van der Waals surface area contributed by atoms with E-state index < -0.39 is 0 Å². The molecule has 2 nitrogen and oxygen atoms in total. The van der Waals surface area contributed by atoms with Gasteiger partial charge in [0, 0.05) is 30.2 Å². The molecule has 110 valence electrons. The molecule has 1 unspecified atom stereocenters. The zero-order valence-corrected chi connectivity index (χ0v) is 15.2. The number of benzene rings is 1. The van der Waals surface area contributed by atoms with Crippen LogP contribution < -0.4 is 0 Å². The first-order chi connectivity index (χ1) is 9.58. The second-order valence-electron chi connectivity index (χ2n) is 4.60. The Bertz CT molecular complexity index is 602. The van der Waals surface area contributed by atoms with Crippen LogP contribution in [0.5, 0.6) is 0 Å². The minimum Gasteiger partial charge on any atom is -0.324 e. The van der Waals surface area contributed by atoms with E-state index in [2.05, 4.69) is 23.4 Å². The molecule has 0 bridgehead atoms. The van der Waals surface area contributed by atoms with Crippen LogP contribution >= 0.6 is 46.0 Å². The van der Waals surface area contributed by atoms with Crippen molar-refractivity contribution in [2.45, 2.75) is 26.3 Å². The van der Waals surface area contributed by atoms with Gasteiger partial charge in [-0.3, -0.25) is 0 Å². The standard InChI is InChI=1S/C14H17ClFIN2S/c1-3-20-8-9(2)19-13-6-10(16)11(17)7-12(13)18-14(19)4-5-15/h6-7,9H,3-5,8H2,1-2H3. The third kappa shape index (κ3) is 3.42. The second-order valence-corrected chi connectivity index (χ2v) is 7.46. The lowest BCUT2D eigenvalue weighted by molar-refractivity contribution is 0.591. The zero-order valence-electron chi connectivity index (χ0n) is 11.5. The third-order valence-corrected chi connectivity index (χ3v) is 5.27. The summed E-state index contributed by atoms with van der Waals surface area (Å²) in [4.78, 5) is 4.63. The van der Waals surface area contributed by atoms with Gasteiger partial charge in [-0.1, -0.05) is 6.92 Å².